The summed E-state index contributed by atoms with van der Waals surface area (Å²) in [6.07, 6.45) is 0. The molecule has 3 amide bonds. The molecular weight excluding hydrogens is 244 g/mol. The molecule has 1 rings (SSSR count). The first-order chi connectivity index (χ1) is 8.90. The highest BCUT2D eigenvalue weighted by Gasteiger charge is 2.16. The van der Waals surface area contributed by atoms with Gasteiger partial charge in [0.25, 0.3) is 0 Å². The van der Waals surface area contributed by atoms with Gasteiger partial charge >= 0.3 is 6.03 Å². The highest BCUT2D eigenvalue weighted by molar-refractivity contribution is 5.87. The average molecular weight is 264 g/mol. The molecule has 1 aromatic carbocycles. The van der Waals surface area contributed by atoms with Crippen LogP contribution >= 0.6 is 0 Å². The van der Waals surface area contributed by atoms with Crippen LogP contribution in [0.5, 0.6) is 0 Å². The van der Waals surface area contributed by atoms with Crippen LogP contribution in [0.15, 0.2) is 24.3 Å². The average Bonchev–Trinajstić information content (AvgIpc) is 2.35. The van der Waals surface area contributed by atoms with Gasteiger partial charge < -0.3 is 22.1 Å². The molecule has 0 saturated heterocycles. The Bertz CT molecular complexity index is 442. The van der Waals surface area contributed by atoms with Crippen molar-refractivity contribution in [2.75, 3.05) is 5.32 Å². The molecule has 0 aromatic heterocycles. The van der Waals surface area contributed by atoms with Crippen LogP contribution in [0.3, 0.4) is 0 Å². The fourth-order valence-corrected chi connectivity index (χ4v) is 1.44. The number of hydrogen-bond donors (Lipinski definition) is 4. The number of nitrogens with two attached hydrogens (primary N) is 2. The zero-order chi connectivity index (χ0) is 14.4. The zero-order valence-corrected chi connectivity index (χ0v) is 11.1. The zero-order valence-electron chi connectivity index (χ0n) is 11.1. The van der Waals surface area contributed by atoms with Gasteiger partial charge in [0.15, 0.2) is 0 Å². The Kier molecular flexibility index (Phi) is 5.32. The van der Waals surface area contributed by atoms with Crippen molar-refractivity contribution in [3.05, 3.63) is 29.8 Å². The van der Waals surface area contributed by atoms with Crippen LogP contribution in [-0.4, -0.2) is 18.0 Å². The van der Waals surface area contributed by atoms with Gasteiger partial charge in [0.05, 0.1) is 0 Å². The highest BCUT2D eigenvalue weighted by Crippen LogP contribution is 2.09. The first-order valence-corrected chi connectivity index (χ1v) is 6.09. The molecule has 6 N–H and O–H groups in total. The molecule has 0 aliphatic rings. The van der Waals surface area contributed by atoms with Crippen LogP contribution < -0.4 is 22.1 Å². The summed E-state index contributed by atoms with van der Waals surface area (Å²) in [7, 11) is 0. The van der Waals surface area contributed by atoms with Crippen molar-refractivity contribution in [2.24, 2.45) is 17.4 Å². The van der Waals surface area contributed by atoms with Crippen molar-refractivity contribution in [1.29, 1.82) is 0 Å². The van der Waals surface area contributed by atoms with E-state index in [4.69, 9.17) is 11.5 Å². The number of nitrogens with one attached hydrogen (secondary N) is 2. The van der Waals surface area contributed by atoms with Gasteiger partial charge in [-0.15, -0.1) is 0 Å². The standard InChI is InChI=1S/C13H20N4O2/c1-8(9(2)14)12(18)16-7-10-3-5-11(6-4-10)17-13(15)19/h3-6,8-9H,7,14H2,1-2H3,(H,16,18)(H3,15,17,19). The van der Waals surface area contributed by atoms with E-state index in [0.29, 0.717) is 12.2 Å². The molecule has 0 bridgehead atoms. The molecule has 6 heteroatoms. The Morgan fingerprint density at radius 2 is 1.79 bits per heavy atom. The summed E-state index contributed by atoms with van der Waals surface area (Å²) in [6, 6.07) is 6.28. The molecule has 19 heavy (non-hydrogen) atoms. The summed E-state index contributed by atoms with van der Waals surface area (Å²) < 4.78 is 0. The van der Waals surface area contributed by atoms with E-state index < -0.39 is 6.03 Å². The Morgan fingerprint density at radius 1 is 1.21 bits per heavy atom. The number of hydrogen-bond acceptors (Lipinski definition) is 3. The Morgan fingerprint density at radius 3 is 2.26 bits per heavy atom. The van der Waals surface area contributed by atoms with E-state index in [2.05, 4.69) is 10.6 Å². The molecular formula is C13H20N4O2. The Balaban J connectivity index is 2.50. The lowest BCUT2D eigenvalue weighted by atomic mass is 10.0. The van der Waals surface area contributed by atoms with Gasteiger partial charge in [-0.05, 0) is 24.6 Å². The van der Waals surface area contributed by atoms with E-state index in [1.54, 1.807) is 26.0 Å². The molecule has 6 nitrogen and oxygen atoms in total. The highest BCUT2D eigenvalue weighted by atomic mass is 16.2. The molecule has 0 aliphatic carbocycles. The minimum atomic E-state index is -0.605. The molecule has 2 atom stereocenters. The smallest absolute Gasteiger partial charge is 0.316 e. The van der Waals surface area contributed by atoms with E-state index in [1.165, 1.54) is 0 Å². The van der Waals surface area contributed by atoms with Crippen molar-refractivity contribution >= 4 is 17.6 Å². The second-order valence-corrected chi connectivity index (χ2v) is 4.55. The van der Waals surface area contributed by atoms with Crippen molar-refractivity contribution in [2.45, 2.75) is 26.4 Å². The summed E-state index contributed by atoms with van der Waals surface area (Å²) >= 11 is 0. The number of rotatable bonds is 5. The number of carbonyl (C=O) groups is 2. The van der Waals surface area contributed by atoms with Crippen molar-refractivity contribution < 1.29 is 9.59 Å². The molecule has 0 spiro atoms. The van der Waals surface area contributed by atoms with Crippen LogP contribution in [0, 0.1) is 5.92 Å². The number of benzene rings is 1. The van der Waals surface area contributed by atoms with E-state index >= 15 is 0 Å². The lowest BCUT2D eigenvalue weighted by Gasteiger charge is -2.15. The number of primary amides is 1. The van der Waals surface area contributed by atoms with Crippen molar-refractivity contribution in [3.8, 4) is 0 Å². The second-order valence-electron chi connectivity index (χ2n) is 4.55. The van der Waals surface area contributed by atoms with Gasteiger partial charge in [-0.2, -0.15) is 0 Å². The van der Waals surface area contributed by atoms with Gasteiger partial charge in [-0.3, -0.25) is 4.79 Å². The minimum absolute atomic E-state index is 0.0747. The van der Waals surface area contributed by atoms with Gasteiger partial charge in [0.1, 0.15) is 0 Å². The Labute approximate surface area is 112 Å². The molecule has 0 heterocycles. The molecule has 0 aliphatic heterocycles. The second kappa shape index (κ2) is 6.75. The lowest BCUT2D eigenvalue weighted by Crippen LogP contribution is -2.38. The third kappa shape index (κ3) is 4.97. The maximum atomic E-state index is 11.7. The topological polar surface area (TPSA) is 110 Å². The summed E-state index contributed by atoms with van der Waals surface area (Å²) in [5.41, 5.74) is 12.2. The molecule has 0 fully saturated rings. The van der Waals surface area contributed by atoms with Crippen LogP contribution in [-0.2, 0) is 11.3 Å². The maximum Gasteiger partial charge on any atom is 0.316 e. The van der Waals surface area contributed by atoms with Gasteiger partial charge in [-0.1, -0.05) is 19.1 Å². The Hall–Kier alpha value is -2.08. The summed E-state index contributed by atoms with van der Waals surface area (Å²) in [6.45, 7) is 4.02. The fraction of sp³-hybridized carbons (Fsp3) is 0.385. The van der Waals surface area contributed by atoms with Gasteiger partial charge in [0.2, 0.25) is 5.91 Å². The lowest BCUT2D eigenvalue weighted by molar-refractivity contribution is -0.125. The minimum Gasteiger partial charge on any atom is -0.352 e. The fourth-order valence-electron chi connectivity index (χ4n) is 1.44. The van der Waals surface area contributed by atoms with E-state index in [0.717, 1.165) is 5.56 Å². The van der Waals surface area contributed by atoms with Gasteiger partial charge in [0, 0.05) is 24.2 Å². The van der Waals surface area contributed by atoms with E-state index in [-0.39, 0.29) is 17.9 Å². The third-order valence-corrected chi connectivity index (χ3v) is 2.89. The number of amides is 3. The van der Waals surface area contributed by atoms with Crippen LogP contribution in [0.1, 0.15) is 19.4 Å². The summed E-state index contributed by atoms with van der Waals surface area (Å²) in [4.78, 5) is 22.4. The third-order valence-electron chi connectivity index (χ3n) is 2.89. The molecule has 2 unspecified atom stereocenters. The van der Waals surface area contributed by atoms with E-state index in [1.807, 2.05) is 12.1 Å². The quantitative estimate of drug-likeness (QED) is 0.630. The van der Waals surface area contributed by atoms with Crippen molar-refractivity contribution in [3.63, 3.8) is 0 Å². The summed E-state index contributed by atoms with van der Waals surface area (Å²) in [5.74, 6) is -0.301. The summed E-state index contributed by atoms with van der Waals surface area (Å²) in [5, 5.41) is 5.27. The number of anilines is 1. The molecule has 0 saturated carbocycles. The predicted molar refractivity (Wildman–Crippen MR) is 74.3 cm³/mol. The molecule has 104 valence electrons. The normalized spacial score (nSPS) is 13.4. The number of carbonyl (C=O) groups excluding carboxylic acids is 2. The molecule has 1 aromatic rings. The maximum absolute atomic E-state index is 11.7. The first kappa shape index (κ1) is 15.0. The molecule has 0 radical (unpaired) electrons. The van der Waals surface area contributed by atoms with E-state index in [9.17, 15) is 9.59 Å². The largest absolute Gasteiger partial charge is 0.352 e. The number of urea groups is 1. The SMILES string of the molecule is CC(N)C(C)C(=O)NCc1ccc(NC(N)=O)cc1. The van der Waals surface area contributed by atoms with Crippen molar-refractivity contribution in [1.82, 2.24) is 5.32 Å². The van der Waals surface area contributed by atoms with Crippen LogP contribution in [0.2, 0.25) is 0 Å². The van der Waals surface area contributed by atoms with Crippen LogP contribution in [0.25, 0.3) is 0 Å². The first-order valence-electron chi connectivity index (χ1n) is 6.09. The van der Waals surface area contributed by atoms with Crippen LogP contribution in [0.4, 0.5) is 10.5 Å². The predicted octanol–water partition coefficient (Wildman–Crippen LogP) is 0.777. The van der Waals surface area contributed by atoms with Gasteiger partial charge in [-0.25, -0.2) is 4.79 Å². The monoisotopic (exact) mass is 264 g/mol.